The van der Waals surface area contributed by atoms with E-state index in [1.807, 2.05) is 12.3 Å². The third-order valence-electron chi connectivity index (χ3n) is 2.87. The van der Waals surface area contributed by atoms with E-state index in [4.69, 9.17) is 0 Å². The van der Waals surface area contributed by atoms with Gasteiger partial charge < -0.3 is 10.2 Å². The molecule has 2 atom stereocenters. The molecule has 2 rings (SSSR count). The Morgan fingerprint density at radius 2 is 2.29 bits per heavy atom. The quantitative estimate of drug-likeness (QED) is 0.865. The second-order valence-corrected chi connectivity index (χ2v) is 5.03. The average Bonchev–Trinajstić information content (AvgIpc) is 2.78. The lowest BCUT2D eigenvalue weighted by atomic mass is 10.1. The van der Waals surface area contributed by atoms with E-state index in [-0.39, 0.29) is 17.9 Å². The van der Waals surface area contributed by atoms with E-state index in [2.05, 4.69) is 10.3 Å². The van der Waals surface area contributed by atoms with Crippen LogP contribution in [0.4, 0.5) is 0 Å². The number of nitrogens with zero attached hydrogens (tertiary/aromatic N) is 2. The Balaban J connectivity index is 2.20. The maximum atomic E-state index is 12.1. The summed E-state index contributed by atoms with van der Waals surface area (Å²) in [5, 5.41) is 5.42. The van der Waals surface area contributed by atoms with Crippen molar-refractivity contribution in [3.8, 4) is 0 Å². The van der Waals surface area contributed by atoms with Crippen molar-refractivity contribution in [2.75, 3.05) is 0 Å². The lowest BCUT2D eigenvalue weighted by Gasteiger charge is -2.37. The van der Waals surface area contributed by atoms with Crippen LogP contribution in [0.15, 0.2) is 11.6 Å². The van der Waals surface area contributed by atoms with Gasteiger partial charge in [-0.2, -0.15) is 0 Å². The average molecular weight is 253 g/mol. The molecule has 2 heterocycles. The summed E-state index contributed by atoms with van der Waals surface area (Å²) >= 11 is 1.50. The monoisotopic (exact) mass is 253 g/mol. The lowest BCUT2D eigenvalue weighted by Crippen LogP contribution is -2.61. The van der Waals surface area contributed by atoms with Crippen LogP contribution in [0.2, 0.25) is 0 Å². The van der Waals surface area contributed by atoms with E-state index >= 15 is 0 Å². The number of amides is 2. The van der Waals surface area contributed by atoms with Crippen LogP contribution in [-0.4, -0.2) is 33.8 Å². The van der Waals surface area contributed by atoms with Gasteiger partial charge in [0.2, 0.25) is 11.8 Å². The molecule has 1 fully saturated rings. The highest BCUT2D eigenvalue weighted by atomic mass is 32.1. The summed E-state index contributed by atoms with van der Waals surface area (Å²) < 4.78 is 0. The number of carbonyl (C=O) groups is 2. The third-order valence-corrected chi connectivity index (χ3v) is 3.63. The first-order chi connectivity index (χ1) is 8.13. The first-order valence-electron chi connectivity index (χ1n) is 5.62. The number of hydrogen-bond acceptors (Lipinski definition) is 4. The Morgan fingerprint density at radius 1 is 1.53 bits per heavy atom. The zero-order valence-electron chi connectivity index (χ0n) is 9.84. The molecule has 6 heteroatoms. The van der Waals surface area contributed by atoms with Crippen molar-refractivity contribution in [3.63, 3.8) is 0 Å². The minimum atomic E-state index is -0.440. The van der Waals surface area contributed by atoms with E-state index in [1.165, 1.54) is 11.3 Å². The number of piperazine rings is 1. The Labute approximate surface area is 104 Å². The first-order valence-corrected chi connectivity index (χ1v) is 6.50. The van der Waals surface area contributed by atoms with Crippen molar-refractivity contribution < 1.29 is 9.59 Å². The fourth-order valence-corrected chi connectivity index (χ4v) is 2.60. The Hall–Kier alpha value is -1.43. The van der Waals surface area contributed by atoms with Gasteiger partial charge in [-0.1, -0.05) is 6.92 Å². The Morgan fingerprint density at radius 3 is 2.88 bits per heavy atom. The van der Waals surface area contributed by atoms with E-state index in [0.29, 0.717) is 13.0 Å². The SMILES string of the molecule is CCC1C(=O)NC(C)C(=O)N1Cc1nccs1. The molecule has 1 aromatic rings. The highest BCUT2D eigenvalue weighted by molar-refractivity contribution is 7.09. The smallest absolute Gasteiger partial charge is 0.245 e. The molecule has 0 aromatic carbocycles. The number of carbonyl (C=O) groups excluding carboxylic acids is 2. The van der Waals surface area contributed by atoms with Crippen LogP contribution in [0.5, 0.6) is 0 Å². The van der Waals surface area contributed by atoms with Gasteiger partial charge in [-0.15, -0.1) is 11.3 Å². The van der Waals surface area contributed by atoms with E-state index in [9.17, 15) is 9.59 Å². The lowest BCUT2D eigenvalue weighted by molar-refractivity contribution is -0.149. The minimum Gasteiger partial charge on any atom is -0.343 e. The van der Waals surface area contributed by atoms with Crippen molar-refractivity contribution >= 4 is 23.2 Å². The Bertz CT molecular complexity index is 418. The predicted molar refractivity (Wildman–Crippen MR) is 64.3 cm³/mol. The van der Waals surface area contributed by atoms with Crippen LogP contribution in [0.1, 0.15) is 25.3 Å². The second-order valence-electron chi connectivity index (χ2n) is 4.05. The zero-order valence-corrected chi connectivity index (χ0v) is 10.7. The molecule has 0 bridgehead atoms. The van der Waals surface area contributed by atoms with Crippen molar-refractivity contribution in [2.24, 2.45) is 0 Å². The molecule has 0 spiro atoms. The first kappa shape index (κ1) is 12.0. The zero-order chi connectivity index (χ0) is 12.4. The standard InChI is InChI=1S/C11H15N3O2S/c1-3-8-10(15)13-7(2)11(16)14(8)6-9-12-4-5-17-9/h4-5,7-8H,3,6H2,1-2H3,(H,13,15). The van der Waals surface area contributed by atoms with Gasteiger partial charge in [0, 0.05) is 11.6 Å². The third kappa shape index (κ3) is 2.31. The molecular weight excluding hydrogens is 238 g/mol. The molecule has 5 nitrogen and oxygen atoms in total. The van der Waals surface area contributed by atoms with E-state index in [0.717, 1.165) is 5.01 Å². The molecule has 92 valence electrons. The number of hydrogen-bond donors (Lipinski definition) is 1. The minimum absolute atomic E-state index is 0.0355. The summed E-state index contributed by atoms with van der Waals surface area (Å²) in [5.74, 6) is -0.109. The summed E-state index contributed by atoms with van der Waals surface area (Å²) in [5.41, 5.74) is 0. The number of thiazole rings is 1. The van der Waals surface area contributed by atoms with Gasteiger partial charge in [-0.05, 0) is 13.3 Å². The van der Waals surface area contributed by atoms with Gasteiger partial charge in [-0.25, -0.2) is 4.98 Å². The summed E-state index contributed by atoms with van der Waals surface area (Å²) in [6.45, 7) is 4.04. The van der Waals surface area contributed by atoms with Gasteiger partial charge in [0.05, 0.1) is 6.54 Å². The van der Waals surface area contributed by atoms with Crippen LogP contribution >= 0.6 is 11.3 Å². The molecule has 0 radical (unpaired) electrons. The maximum absolute atomic E-state index is 12.1. The van der Waals surface area contributed by atoms with Crippen molar-refractivity contribution in [3.05, 3.63) is 16.6 Å². The predicted octanol–water partition coefficient (Wildman–Crippen LogP) is 0.769. The van der Waals surface area contributed by atoms with Crippen LogP contribution in [-0.2, 0) is 16.1 Å². The molecular formula is C11H15N3O2S. The molecule has 1 aromatic heterocycles. The number of nitrogens with one attached hydrogen (secondary N) is 1. The Kier molecular flexibility index (Phi) is 3.42. The topological polar surface area (TPSA) is 62.3 Å². The van der Waals surface area contributed by atoms with Gasteiger partial charge in [0.25, 0.3) is 0 Å². The molecule has 1 N–H and O–H groups in total. The van der Waals surface area contributed by atoms with Crippen LogP contribution in [0.3, 0.4) is 0 Å². The maximum Gasteiger partial charge on any atom is 0.245 e. The highest BCUT2D eigenvalue weighted by Crippen LogP contribution is 2.17. The number of aromatic nitrogens is 1. The highest BCUT2D eigenvalue weighted by Gasteiger charge is 2.37. The van der Waals surface area contributed by atoms with Crippen LogP contribution in [0.25, 0.3) is 0 Å². The second kappa shape index (κ2) is 4.83. The largest absolute Gasteiger partial charge is 0.343 e. The molecule has 2 amide bonds. The molecule has 1 saturated heterocycles. The summed E-state index contributed by atoms with van der Waals surface area (Å²) in [7, 11) is 0. The summed E-state index contributed by atoms with van der Waals surface area (Å²) in [4.78, 5) is 29.6. The fraction of sp³-hybridized carbons (Fsp3) is 0.545. The van der Waals surface area contributed by atoms with Gasteiger partial charge in [-0.3, -0.25) is 9.59 Å². The number of rotatable bonds is 3. The van der Waals surface area contributed by atoms with Gasteiger partial charge >= 0.3 is 0 Å². The molecule has 1 aliphatic heterocycles. The van der Waals surface area contributed by atoms with Gasteiger partial charge in [0.1, 0.15) is 17.1 Å². The van der Waals surface area contributed by atoms with Crippen molar-refractivity contribution in [2.45, 2.75) is 38.9 Å². The summed E-state index contributed by atoms with van der Waals surface area (Å²) in [6, 6.07) is -0.812. The molecule has 0 saturated carbocycles. The molecule has 17 heavy (non-hydrogen) atoms. The molecule has 1 aliphatic rings. The van der Waals surface area contributed by atoms with Crippen LogP contribution < -0.4 is 5.32 Å². The molecule has 2 unspecified atom stereocenters. The van der Waals surface area contributed by atoms with Crippen molar-refractivity contribution in [1.82, 2.24) is 15.2 Å². The van der Waals surface area contributed by atoms with Crippen molar-refractivity contribution in [1.29, 1.82) is 0 Å². The normalized spacial score (nSPS) is 24.9. The van der Waals surface area contributed by atoms with Gasteiger partial charge in [0.15, 0.2) is 0 Å². The van der Waals surface area contributed by atoms with E-state index in [1.54, 1.807) is 18.0 Å². The summed E-state index contributed by atoms with van der Waals surface area (Å²) in [6.07, 6.45) is 2.33. The molecule has 0 aliphatic carbocycles. The van der Waals surface area contributed by atoms with Crippen LogP contribution in [0, 0.1) is 0 Å². The fourth-order valence-electron chi connectivity index (χ4n) is 1.99. The van der Waals surface area contributed by atoms with E-state index < -0.39 is 6.04 Å².